The van der Waals surface area contributed by atoms with Crippen LogP contribution in [0.15, 0.2) is 18.2 Å². The lowest BCUT2D eigenvalue weighted by Crippen LogP contribution is -2.07. The minimum Gasteiger partial charge on any atom is -0.493 e. The summed E-state index contributed by atoms with van der Waals surface area (Å²) in [5, 5.41) is 8.90. The third kappa shape index (κ3) is 4.17. The Morgan fingerprint density at radius 3 is 2.74 bits per heavy atom. The number of halogens is 2. The second-order valence-corrected chi connectivity index (χ2v) is 4.45. The monoisotopic (exact) mass is 272 g/mol. The highest BCUT2D eigenvalue weighted by Crippen LogP contribution is 2.31. The number of carboxylic acid groups (broad SMARTS) is 1. The Hall–Kier alpha value is -1.69. The average molecular weight is 272 g/mol. The fourth-order valence-corrected chi connectivity index (χ4v) is 1.59. The van der Waals surface area contributed by atoms with Gasteiger partial charge in [-0.2, -0.15) is 8.78 Å². The smallest absolute Gasteiger partial charge is 0.345 e. The SMILES string of the molecule is O=C(O)c1ccc(COC(F)F)c(OCC2CC2)c1. The van der Waals surface area contributed by atoms with Gasteiger partial charge in [0, 0.05) is 5.56 Å². The molecule has 0 unspecified atom stereocenters. The molecule has 0 atom stereocenters. The highest BCUT2D eigenvalue weighted by molar-refractivity contribution is 5.88. The zero-order chi connectivity index (χ0) is 13.8. The van der Waals surface area contributed by atoms with Gasteiger partial charge in [0.2, 0.25) is 0 Å². The van der Waals surface area contributed by atoms with Crippen LogP contribution in [-0.2, 0) is 11.3 Å². The maximum atomic E-state index is 12.0. The summed E-state index contributed by atoms with van der Waals surface area (Å²) in [5.74, 6) is -0.303. The lowest BCUT2D eigenvalue weighted by molar-refractivity contribution is -0.137. The first-order chi connectivity index (χ1) is 9.06. The van der Waals surface area contributed by atoms with Crippen LogP contribution < -0.4 is 4.74 Å². The summed E-state index contributed by atoms with van der Waals surface area (Å²) in [6, 6.07) is 4.12. The second kappa shape index (κ2) is 5.97. The van der Waals surface area contributed by atoms with E-state index in [1.54, 1.807) is 0 Å². The Bertz CT molecular complexity index is 458. The van der Waals surface area contributed by atoms with Gasteiger partial charge in [0.1, 0.15) is 5.75 Å². The summed E-state index contributed by atoms with van der Waals surface area (Å²) in [6.07, 6.45) is 2.17. The van der Waals surface area contributed by atoms with Gasteiger partial charge < -0.3 is 14.6 Å². The van der Waals surface area contributed by atoms with Crippen LogP contribution >= 0.6 is 0 Å². The van der Waals surface area contributed by atoms with E-state index in [1.165, 1.54) is 18.2 Å². The molecule has 1 aliphatic carbocycles. The van der Waals surface area contributed by atoms with Crippen molar-refractivity contribution in [3.05, 3.63) is 29.3 Å². The maximum Gasteiger partial charge on any atom is 0.345 e. The van der Waals surface area contributed by atoms with E-state index in [2.05, 4.69) is 4.74 Å². The van der Waals surface area contributed by atoms with Crippen molar-refractivity contribution >= 4 is 5.97 Å². The molecule has 0 saturated heterocycles. The van der Waals surface area contributed by atoms with Gasteiger partial charge in [-0.3, -0.25) is 0 Å². The molecule has 0 aromatic heterocycles. The molecule has 0 heterocycles. The molecule has 19 heavy (non-hydrogen) atoms. The first-order valence-corrected chi connectivity index (χ1v) is 5.95. The van der Waals surface area contributed by atoms with Gasteiger partial charge in [-0.1, -0.05) is 6.07 Å². The van der Waals surface area contributed by atoms with E-state index in [4.69, 9.17) is 9.84 Å². The standard InChI is InChI=1S/C13H14F2O4/c14-13(15)19-7-10-4-3-9(12(16)17)5-11(10)18-6-8-1-2-8/h3-5,8,13H,1-2,6-7H2,(H,16,17). The van der Waals surface area contributed by atoms with Crippen LogP contribution in [0.2, 0.25) is 0 Å². The highest BCUT2D eigenvalue weighted by Gasteiger charge is 2.22. The number of rotatable bonds is 7. The van der Waals surface area contributed by atoms with Crippen molar-refractivity contribution in [1.29, 1.82) is 0 Å². The Morgan fingerprint density at radius 2 is 2.16 bits per heavy atom. The zero-order valence-electron chi connectivity index (χ0n) is 10.1. The van der Waals surface area contributed by atoms with Crippen molar-refractivity contribution in [2.24, 2.45) is 5.92 Å². The molecule has 1 saturated carbocycles. The number of alkyl halides is 2. The molecule has 0 amide bonds. The van der Waals surface area contributed by atoms with Crippen LogP contribution in [-0.4, -0.2) is 24.3 Å². The van der Waals surface area contributed by atoms with E-state index in [1.807, 2.05) is 0 Å². The first kappa shape index (κ1) is 13.7. The molecule has 2 rings (SSSR count). The molecule has 104 valence electrons. The molecule has 0 spiro atoms. The van der Waals surface area contributed by atoms with Crippen molar-refractivity contribution in [2.45, 2.75) is 26.1 Å². The lowest BCUT2D eigenvalue weighted by Gasteiger charge is -2.12. The number of ether oxygens (including phenoxy) is 2. The number of benzene rings is 1. The molecule has 0 aliphatic heterocycles. The third-order valence-corrected chi connectivity index (χ3v) is 2.85. The molecule has 1 aromatic rings. The Morgan fingerprint density at radius 1 is 1.42 bits per heavy atom. The summed E-state index contributed by atoms with van der Waals surface area (Å²) in [4.78, 5) is 10.9. The summed E-state index contributed by atoms with van der Waals surface area (Å²) in [6.45, 7) is -2.70. The zero-order valence-corrected chi connectivity index (χ0v) is 10.1. The largest absolute Gasteiger partial charge is 0.493 e. The number of carbonyl (C=O) groups is 1. The van der Waals surface area contributed by atoms with Gasteiger partial charge >= 0.3 is 12.6 Å². The van der Waals surface area contributed by atoms with Crippen molar-refractivity contribution in [3.63, 3.8) is 0 Å². The molecule has 6 heteroatoms. The number of hydrogen-bond donors (Lipinski definition) is 1. The summed E-state index contributed by atoms with van der Waals surface area (Å²) in [7, 11) is 0. The Labute approximate surface area is 108 Å². The van der Waals surface area contributed by atoms with Crippen molar-refractivity contribution in [1.82, 2.24) is 0 Å². The lowest BCUT2D eigenvalue weighted by atomic mass is 10.1. The van der Waals surface area contributed by atoms with Gasteiger partial charge in [0.25, 0.3) is 0 Å². The van der Waals surface area contributed by atoms with Crippen LogP contribution in [0.3, 0.4) is 0 Å². The summed E-state index contributed by atoms with van der Waals surface area (Å²) >= 11 is 0. The molecule has 0 radical (unpaired) electrons. The number of carboxylic acids is 1. The molecule has 1 N–H and O–H groups in total. The van der Waals surface area contributed by atoms with Gasteiger partial charge in [-0.05, 0) is 30.9 Å². The van der Waals surface area contributed by atoms with Crippen LogP contribution in [0.1, 0.15) is 28.8 Å². The van der Waals surface area contributed by atoms with Crippen LogP contribution in [0.5, 0.6) is 5.75 Å². The molecule has 4 nitrogen and oxygen atoms in total. The quantitative estimate of drug-likeness (QED) is 0.829. The maximum absolute atomic E-state index is 12.0. The number of aromatic carboxylic acids is 1. The van der Waals surface area contributed by atoms with Crippen LogP contribution in [0.4, 0.5) is 8.78 Å². The van der Waals surface area contributed by atoms with Crippen molar-refractivity contribution < 1.29 is 28.2 Å². The van der Waals surface area contributed by atoms with Gasteiger partial charge in [-0.25, -0.2) is 4.79 Å². The Balaban J connectivity index is 2.11. The third-order valence-electron chi connectivity index (χ3n) is 2.85. The van der Waals surface area contributed by atoms with Crippen molar-refractivity contribution in [2.75, 3.05) is 6.61 Å². The van der Waals surface area contributed by atoms with Crippen LogP contribution in [0.25, 0.3) is 0 Å². The van der Waals surface area contributed by atoms with E-state index in [-0.39, 0.29) is 12.2 Å². The number of hydrogen-bond acceptors (Lipinski definition) is 3. The topological polar surface area (TPSA) is 55.8 Å². The Kier molecular flexibility index (Phi) is 4.31. The predicted molar refractivity (Wildman–Crippen MR) is 62.4 cm³/mol. The average Bonchev–Trinajstić information content (AvgIpc) is 3.18. The fourth-order valence-electron chi connectivity index (χ4n) is 1.59. The van der Waals surface area contributed by atoms with E-state index in [0.717, 1.165) is 12.8 Å². The summed E-state index contributed by atoms with van der Waals surface area (Å²) in [5.41, 5.74) is 0.484. The molecule has 1 aliphatic rings. The van der Waals surface area contributed by atoms with Crippen molar-refractivity contribution in [3.8, 4) is 5.75 Å². The van der Waals surface area contributed by atoms with Gasteiger partial charge in [0.05, 0.1) is 18.8 Å². The molecular weight excluding hydrogens is 258 g/mol. The normalized spacial score (nSPS) is 14.7. The van der Waals surface area contributed by atoms with Gasteiger partial charge in [-0.15, -0.1) is 0 Å². The van der Waals surface area contributed by atoms with E-state index in [9.17, 15) is 13.6 Å². The molecular formula is C13H14F2O4. The molecule has 1 aromatic carbocycles. The van der Waals surface area contributed by atoms with Gasteiger partial charge in [0.15, 0.2) is 0 Å². The van der Waals surface area contributed by atoms with E-state index in [0.29, 0.717) is 23.8 Å². The van der Waals surface area contributed by atoms with E-state index < -0.39 is 12.6 Å². The minimum absolute atomic E-state index is 0.0617. The first-order valence-electron chi connectivity index (χ1n) is 5.95. The minimum atomic E-state index is -2.87. The van der Waals surface area contributed by atoms with Crippen LogP contribution in [0, 0.1) is 5.92 Å². The second-order valence-electron chi connectivity index (χ2n) is 4.45. The van der Waals surface area contributed by atoms with E-state index >= 15 is 0 Å². The highest BCUT2D eigenvalue weighted by atomic mass is 19.3. The summed E-state index contributed by atoms with van der Waals surface area (Å²) < 4.78 is 33.8. The predicted octanol–water partition coefficient (Wildman–Crippen LogP) is 2.91. The molecule has 1 fully saturated rings. The molecule has 0 bridgehead atoms. The fraction of sp³-hybridized carbons (Fsp3) is 0.462.